The second-order valence-corrected chi connectivity index (χ2v) is 8.02. The molecule has 0 aromatic heterocycles. The number of hydrogen-bond donors (Lipinski definition) is 1. The topological polar surface area (TPSA) is 61.9 Å². The van der Waals surface area contributed by atoms with Gasteiger partial charge < -0.3 is 15.0 Å². The van der Waals surface area contributed by atoms with Crippen LogP contribution < -0.4 is 10.1 Å². The van der Waals surface area contributed by atoms with Crippen molar-refractivity contribution in [2.45, 2.75) is 38.3 Å². The van der Waals surface area contributed by atoms with Crippen molar-refractivity contribution in [1.29, 1.82) is 0 Å². The molecule has 0 aliphatic carbocycles. The van der Waals surface area contributed by atoms with Crippen LogP contribution in [-0.2, 0) is 17.8 Å². The Morgan fingerprint density at radius 2 is 1.60 bits per heavy atom. The fraction of sp³-hybridized carbons (Fsp3) is 0.417. The molecule has 158 valence electrons. The lowest BCUT2D eigenvalue weighted by atomic mass is 10.1. The summed E-state index contributed by atoms with van der Waals surface area (Å²) in [7, 11) is 0. The van der Waals surface area contributed by atoms with Gasteiger partial charge in [0, 0.05) is 19.5 Å². The summed E-state index contributed by atoms with van der Waals surface area (Å²) < 4.78 is 5.81. The van der Waals surface area contributed by atoms with Crippen LogP contribution in [0.2, 0.25) is 0 Å². The first-order valence-electron chi connectivity index (χ1n) is 10.8. The van der Waals surface area contributed by atoms with Crippen molar-refractivity contribution in [2.75, 3.05) is 26.2 Å². The standard InChI is InChI=1S/C24H29N3O3/c28-23-22(25-24(29)27(23)16-15-26-13-5-2-6-14-26)17-19-9-11-21(12-10-19)30-18-20-7-3-1-4-8-20/h1,3-4,7-12,22H,2,5-6,13-18H2,(H,25,29). The van der Waals surface area contributed by atoms with Gasteiger partial charge in [0.2, 0.25) is 0 Å². The van der Waals surface area contributed by atoms with Crippen LogP contribution in [0.15, 0.2) is 54.6 Å². The predicted molar refractivity (Wildman–Crippen MR) is 115 cm³/mol. The van der Waals surface area contributed by atoms with Gasteiger partial charge >= 0.3 is 6.03 Å². The highest BCUT2D eigenvalue weighted by molar-refractivity contribution is 6.04. The van der Waals surface area contributed by atoms with Gasteiger partial charge in [0.05, 0.1) is 0 Å². The average molecular weight is 408 g/mol. The van der Waals surface area contributed by atoms with E-state index in [1.165, 1.54) is 24.2 Å². The Balaban J connectivity index is 1.27. The molecular formula is C24H29N3O3. The summed E-state index contributed by atoms with van der Waals surface area (Å²) in [5, 5.41) is 2.84. The van der Waals surface area contributed by atoms with Gasteiger partial charge in [-0.2, -0.15) is 0 Å². The third kappa shape index (κ3) is 5.19. The Bertz CT molecular complexity index is 848. The molecule has 1 N–H and O–H groups in total. The van der Waals surface area contributed by atoms with E-state index in [4.69, 9.17) is 4.74 Å². The fourth-order valence-corrected chi connectivity index (χ4v) is 4.05. The highest BCUT2D eigenvalue weighted by Crippen LogP contribution is 2.18. The Morgan fingerprint density at radius 1 is 0.867 bits per heavy atom. The molecule has 2 aromatic carbocycles. The number of nitrogens with zero attached hydrogens (tertiary/aromatic N) is 2. The molecule has 2 heterocycles. The van der Waals surface area contributed by atoms with Crippen LogP contribution in [0.5, 0.6) is 5.75 Å². The van der Waals surface area contributed by atoms with Gasteiger partial charge in [0.15, 0.2) is 0 Å². The molecule has 0 saturated carbocycles. The van der Waals surface area contributed by atoms with Crippen LogP contribution in [0, 0.1) is 0 Å². The lowest BCUT2D eigenvalue weighted by Gasteiger charge is -2.27. The molecule has 6 nitrogen and oxygen atoms in total. The van der Waals surface area contributed by atoms with Gasteiger partial charge in [-0.1, -0.05) is 48.9 Å². The van der Waals surface area contributed by atoms with E-state index in [1.807, 2.05) is 54.6 Å². The van der Waals surface area contributed by atoms with Gasteiger partial charge in [-0.3, -0.25) is 9.69 Å². The number of carbonyl (C=O) groups excluding carboxylic acids is 2. The SMILES string of the molecule is O=C1NC(Cc2ccc(OCc3ccccc3)cc2)C(=O)N1CCN1CCCCC1. The molecule has 3 amide bonds. The molecule has 2 saturated heterocycles. The number of ether oxygens (including phenoxy) is 1. The average Bonchev–Trinajstić information content (AvgIpc) is 3.05. The molecule has 0 bridgehead atoms. The highest BCUT2D eigenvalue weighted by Gasteiger charge is 2.37. The van der Waals surface area contributed by atoms with E-state index in [1.54, 1.807) is 0 Å². The van der Waals surface area contributed by atoms with Gasteiger partial charge in [-0.25, -0.2) is 4.79 Å². The van der Waals surface area contributed by atoms with E-state index in [-0.39, 0.29) is 11.9 Å². The van der Waals surface area contributed by atoms with Crippen LogP contribution in [0.4, 0.5) is 4.79 Å². The first kappa shape index (κ1) is 20.4. The number of carbonyl (C=O) groups is 2. The van der Waals surface area contributed by atoms with Crippen LogP contribution in [-0.4, -0.2) is 54.0 Å². The molecule has 2 aliphatic rings. The van der Waals surface area contributed by atoms with Crippen molar-refractivity contribution in [3.63, 3.8) is 0 Å². The van der Waals surface area contributed by atoms with Gasteiger partial charge in [0.25, 0.3) is 5.91 Å². The zero-order valence-electron chi connectivity index (χ0n) is 17.3. The quantitative estimate of drug-likeness (QED) is 0.683. The molecule has 30 heavy (non-hydrogen) atoms. The zero-order valence-corrected chi connectivity index (χ0v) is 17.3. The lowest BCUT2D eigenvalue weighted by Crippen LogP contribution is -2.41. The van der Waals surface area contributed by atoms with Crippen molar-refractivity contribution in [2.24, 2.45) is 0 Å². The summed E-state index contributed by atoms with van der Waals surface area (Å²) in [5.41, 5.74) is 2.11. The monoisotopic (exact) mass is 407 g/mol. The van der Waals surface area contributed by atoms with Crippen LogP contribution in [0.1, 0.15) is 30.4 Å². The highest BCUT2D eigenvalue weighted by atomic mass is 16.5. The summed E-state index contributed by atoms with van der Waals surface area (Å²) in [4.78, 5) is 28.7. The molecule has 4 rings (SSSR count). The summed E-state index contributed by atoms with van der Waals surface area (Å²) >= 11 is 0. The fourth-order valence-electron chi connectivity index (χ4n) is 4.05. The minimum atomic E-state index is -0.491. The Hall–Kier alpha value is -2.86. The maximum absolute atomic E-state index is 12.7. The number of likely N-dealkylation sites (tertiary alicyclic amines) is 1. The Kier molecular flexibility index (Phi) is 6.64. The number of benzene rings is 2. The molecule has 0 spiro atoms. The van der Waals surface area contributed by atoms with Crippen LogP contribution in [0.25, 0.3) is 0 Å². The van der Waals surface area contributed by atoms with E-state index in [0.29, 0.717) is 19.6 Å². The molecule has 2 aliphatic heterocycles. The first-order valence-corrected chi connectivity index (χ1v) is 10.8. The maximum atomic E-state index is 12.7. The third-order valence-electron chi connectivity index (χ3n) is 5.81. The molecule has 1 unspecified atom stereocenters. The molecule has 2 fully saturated rings. The number of piperidine rings is 1. The summed E-state index contributed by atoms with van der Waals surface area (Å²) in [6.07, 6.45) is 4.17. The van der Waals surface area contributed by atoms with Crippen molar-refractivity contribution in [3.8, 4) is 5.75 Å². The zero-order chi connectivity index (χ0) is 20.8. The number of urea groups is 1. The minimum Gasteiger partial charge on any atom is -0.489 e. The maximum Gasteiger partial charge on any atom is 0.324 e. The van der Waals surface area contributed by atoms with Gasteiger partial charge in [-0.15, -0.1) is 0 Å². The van der Waals surface area contributed by atoms with Crippen molar-refractivity contribution in [1.82, 2.24) is 15.1 Å². The van der Waals surface area contributed by atoms with E-state index in [9.17, 15) is 9.59 Å². The normalized spacial score (nSPS) is 19.7. The van der Waals surface area contributed by atoms with Crippen LogP contribution in [0.3, 0.4) is 0 Å². The molecule has 2 aromatic rings. The first-order chi connectivity index (χ1) is 14.7. The number of imide groups is 1. The number of rotatable bonds is 8. The van der Waals surface area contributed by atoms with E-state index in [0.717, 1.165) is 36.5 Å². The third-order valence-corrected chi connectivity index (χ3v) is 5.81. The van der Waals surface area contributed by atoms with E-state index < -0.39 is 6.04 Å². The Labute approximate surface area is 177 Å². The Morgan fingerprint density at radius 3 is 2.33 bits per heavy atom. The second-order valence-electron chi connectivity index (χ2n) is 8.02. The lowest BCUT2D eigenvalue weighted by molar-refractivity contribution is -0.127. The van der Waals surface area contributed by atoms with Crippen molar-refractivity contribution in [3.05, 3.63) is 65.7 Å². The van der Waals surface area contributed by atoms with Gasteiger partial charge in [-0.05, 0) is 49.2 Å². The van der Waals surface area contributed by atoms with Crippen LogP contribution >= 0.6 is 0 Å². The smallest absolute Gasteiger partial charge is 0.324 e. The summed E-state index contributed by atoms with van der Waals surface area (Å²) in [6, 6.07) is 17.0. The van der Waals surface area contributed by atoms with E-state index in [2.05, 4.69) is 10.2 Å². The molecular weight excluding hydrogens is 378 g/mol. The van der Waals surface area contributed by atoms with Crippen molar-refractivity contribution >= 4 is 11.9 Å². The summed E-state index contributed by atoms with van der Waals surface area (Å²) in [5.74, 6) is 0.661. The summed E-state index contributed by atoms with van der Waals surface area (Å²) in [6.45, 7) is 3.87. The minimum absolute atomic E-state index is 0.124. The molecule has 1 atom stereocenters. The number of amides is 3. The second kappa shape index (κ2) is 9.76. The largest absolute Gasteiger partial charge is 0.489 e. The van der Waals surface area contributed by atoms with Crippen molar-refractivity contribution < 1.29 is 14.3 Å². The van der Waals surface area contributed by atoms with E-state index >= 15 is 0 Å². The molecule has 0 radical (unpaired) electrons. The van der Waals surface area contributed by atoms with Gasteiger partial charge in [0.1, 0.15) is 18.4 Å². The predicted octanol–water partition coefficient (Wildman–Crippen LogP) is 3.21. The number of hydrogen-bond acceptors (Lipinski definition) is 4. The number of nitrogens with one attached hydrogen (secondary N) is 1. The molecule has 6 heteroatoms.